The molecule has 0 aliphatic carbocycles. The molecule has 0 amide bonds. The second-order valence-electron chi connectivity index (χ2n) is 3.67. The van der Waals surface area contributed by atoms with E-state index in [9.17, 15) is 8.42 Å². The highest BCUT2D eigenvalue weighted by molar-refractivity contribution is 7.89. The molecule has 0 radical (unpaired) electrons. The molecule has 0 heterocycles. The molecule has 0 fully saturated rings. The standard InChI is InChI=1S/C10H24N2O3S/c1-4-15-9-10(3)11-7-6-8-12-16(13,14)5-2/h10-12H,4-9H2,1-3H3. The molecule has 0 rings (SSSR count). The van der Waals surface area contributed by atoms with Crippen LogP contribution in [0.5, 0.6) is 0 Å². The van der Waals surface area contributed by atoms with Crippen LogP contribution in [0.3, 0.4) is 0 Å². The van der Waals surface area contributed by atoms with Crippen molar-refractivity contribution in [3.8, 4) is 0 Å². The highest BCUT2D eigenvalue weighted by Gasteiger charge is 2.04. The predicted molar refractivity (Wildman–Crippen MR) is 66.0 cm³/mol. The molecule has 1 unspecified atom stereocenters. The average molecular weight is 252 g/mol. The SMILES string of the molecule is CCOCC(C)NCCCNS(=O)(=O)CC. The maximum Gasteiger partial charge on any atom is 0.211 e. The van der Waals surface area contributed by atoms with Gasteiger partial charge in [0.25, 0.3) is 0 Å². The largest absolute Gasteiger partial charge is 0.380 e. The van der Waals surface area contributed by atoms with Gasteiger partial charge in [0.1, 0.15) is 0 Å². The minimum absolute atomic E-state index is 0.140. The van der Waals surface area contributed by atoms with Crippen molar-refractivity contribution < 1.29 is 13.2 Å². The van der Waals surface area contributed by atoms with E-state index >= 15 is 0 Å². The zero-order valence-corrected chi connectivity index (χ0v) is 11.3. The molecule has 98 valence electrons. The number of hydrogen-bond donors (Lipinski definition) is 2. The Bertz CT molecular complexity index is 255. The highest BCUT2D eigenvalue weighted by atomic mass is 32.2. The van der Waals surface area contributed by atoms with Crippen molar-refractivity contribution in [3.63, 3.8) is 0 Å². The minimum Gasteiger partial charge on any atom is -0.380 e. The molecule has 16 heavy (non-hydrogen) atoms. The Morgan fingerprint density at radius 2 is 1.94 bits per heavy atom. The topological polar surface area (TPSA) is 67.4 Å². The molecule has 1 atom stereocenters. The monoisotopic (exact) mass is 252 g/mol. The fourth-order valence-electron chi connectivity index (χ4n) is 1.12. The van der Waals surface area contributed by atoms with Gasteiger partial charge < -0.3 is 10.1 Å². The number of nitrogens with one attached hydrogen (secondary N) is 2. The van der Waals surface area contributed by atoms with E-state index in [1.165, 1.54) is 0 Å². The van der Waals surface area contributed by atoms with Gasteiger partial charge >= 0.3 is 0 Å². The van der Waals surface area contributed by atoms with Crippen LogP contribution in [0.15, 0.2) is 0 Å². The third kappa shape index (κ3) is 9.08. The molecule has 0 saturated carbocycles. The Kier molecular flexibility index (Phi) is 8.83. The lowest BCUT2D eigenvalue weighted by atomic mass is 10.3. The summed E-state index contributed by atoms with van der Waals surface area (Å²) in [5, 5.41) is 3.26. The summed E-state index contributed by atoms with van der Waals surface area (Å²) < 4.78 is 29.9. The van der Waals surface area contributed by atoms with Crippen LogP contribution in [0.1, 0.15) is 27.2 Å². The number of ether oxygens (including phenoxy) is 1. The highest BCUT2D eigenvalue weighted by Crippen LogP contribution is 1.86. The fraction of sp³-hybridized carbons (Fsp3) is 1.00. The molecule has 0 aromatic carbocycles. The van der Waals surface area contributed by atoms with E-state index in [-0.39, 0.29) is 5.75 Å². The van der Waals surface area contributed by atoms with Gasteiger partial charge in [0, 0.05) is 19.2 Å². The third-order valence-electron chi connectivity index (χ3n) is 2.12. The first-order valence-corrected chi connectivity index (χ1v) is 7.45. The Labute approximate surface area is 99.0 Å². The van der Waals surface area contributed by atoms with E-state index in [1.54, 1.807) is 6.92 Å². The molecule has 2 N–H and O–H groups in total. The van der Waals surface area contributed by atoms with Crippen LogP contribution >= 0.6 is 0 Å². The third-order valence-corrected chi connectivity index (χ3v) is 3.52. The van der Waals surface area contributed by atoms with E-state index in [4.69, 9.17) is 4.74 Å². The molecule has 0 aliphatic rings. The van der Waals surface area contributed by atoms with Crippen molar-refractivity contribution in [1.29, 1.82) is 0 Å². The first-order chi connectivity index (χ1) is 7.52. The molecule has 6 heteroatoms. The van der Waals surface area contributed by atoms with Gasteiger partial charge in [-0.25, -0.2) is 13.1 Å². The summed E-state index contributed by atoms with van der Waals surface area (Å²) in [5.74, 6) is 0.140. The Morgan fingerprint density at radius 3 is 2.50 bits per heavy atom. The molecular formula is C10H24N2O3S. The van der Waals surface area contributed by atoms with Gasteiger partial charge in [-0.3, -0.25) is 0 Å². The van der Waals surface area contributed by atoms with Crippen LogP contribution in [0.25, 0.3) is 0 Å². The van der Waals surface area contributed by atoms with Crippen LogP contribution < -0.4 is 10.0 Å². The molecule has 0 aromatic heterocycles. The summed E-state index contributed by atoms with van der Waals surface area (Å²) in [4.78, 5) is 0. The van der Waals surface area contributed by atoms with Crippen molar-refractivity contribution >= 4 is 10.0 Å². The first kappa shape index (κ1) is 15.8. The average Bonchev–Trinajstić information content (AvgIpc) is 2.25. The second-order valence-corrected chi connectivity index (χ2v) is 5.76. The summed E-state index contributed by atoms with van der Waals surface area (Å²) in [5.41, 5.74) is 0. The fourth-order valence-corrected chi connectivity index (χ4v) is 1.78. The predicted octanol–water partition coefficient (Wildman–Crippen LogP) is 0.330. The van der Waals surface area contributed by atoms with Crippen LogP contribution in [0.2, 0.25) is 0 Å². The van der Waals surface area contributed by atoms with Crippen LogP contribution in [0, 0.1) is 0 Å². The van der Waals surface area contributed by atoms with Gasteiger partial charge in [-0.1, -0.05) is 0 Å². The van der Waals surface area contributed by atoms with E-state index in [1.807, 2.05) is 13.8 Å². The van der Waals surface area contributed by atoms with Crippen molar-refractivity contribution in [1.82, 2.24) is 10.0 Å². The van der Waals surface area contributed by atoms with Crippen molar-refractivity contribution in [2.75, 3.05) is 32.1 Å². The lowest BCUT2D eigenvalue weighted by Gasteiger charge is -2.13. The minimum atomic E-state index is -3.04. The van der Waals surface area contributed by atoms with Gasteiger partial charge in [0.15, 0.2) is 0 Å². The maximum absolute atomic E-state index is 11.1. The van der Waals surface area contributed by atoms with Crippen molar-refractivity contribution in [2.24, 2.45) is 0 Å². The summed E-state index contributed by atoms with van der Waals surface area (Å²) in [7, 11) is -3.04. The summed E-state index contributed by atoms with van der Waals surface area (Å²) in [6, 6.07) is 0.308. The maximum atomic E-state index is 11.1. The van der Waals surface area contributed by atoms with Crippen molar-refractivity contribution in [2.45, 2.75) is 33.2 Å². The van der Waals surface area contributed by atoms with E-state index in [0.717, 1.165) is 19.6 Å². The zero-order chi connectivity index (χ0) is 12.4. The Hall–Kier alpha value is -0.170. The molecule has 0 aromatic rings. The second kappa shape index (κ2) is 8.92. The lowest BCUT2D eigenvalue weighted by Crippen LogP contribution is -2.34. The number of hydrogen-bond acceptors (Lipinski definition) is 4. The normalized spacial score (nSPS) is 13.9. The zero-order valence-electron chi connectivity index (χ0n) is 10.5. The lowest BCUT2D eigenvalue weighted by molar-refractivity contribution is 0.127. The number of rotatable bonds is 10. The van der Waals surface area contributed by atoms with Gasteiger partial charge in [-0.15, -0.1) is 0 Å². The molecule has 5 nitrogen and oxygen atoms in total. The first-order valence-electron chi connectivity index (χ1n) is 5.80. The molecule has 0 spiro atoms. The molecule has 0 saturated heterocycles. The van der Waals surface area contributed by atoms with Gasteiger partial charge in [0.2, 0.25) is 10.0 Å². The number of sulfonamides is 1. The Morgan fingerprint density at radius 1 is 1.25 bits per heavy atom. The molecule has 0 aliphatic heterocycles. The van der Waals surface area contributed by atoms with Gasteiger partial charge in [-0.05, 0) is 33.7 Å². The summed E-state index contributed by atoms with van der Waals surface area (Å²) >= 11 is 0. The van der Waals surface area contributed by atoms with Crippen LogP contribution in [-0.2, 0) is 14.8 Å². The smallest absolute Gasteiger partial charge is 0.211 e. The van der Waals surface area contributed by atoms with Gasteiger partial charge in [-0.2, -0.15) is 0 Å². The van der Waals surface area contributed by atoms with E-state index in [0.29, 0.717) is 19.2 Å². The van der Waals surface area contributed by atoms with Crippen molar-refractivity contribution in [3.05, 3.63) is 0 Å². The molecular weight excluding hydrogens is 228 g/mol. The van der Waals surface area contributed by atoms with Crippen LogP contribution in [0.4, 0.5) is 0 Å². The quantitative estimate of drug-likeness (QED) is 0.550. The van der Waals surface area contributed by atoms with Crippen LogP contribution in [-0.4, -0.2) is 46.5 Å². The summed E-state index contributed by atoms with van der Waals surface area (Å²) in [6.45, 7) is 8.34. The van der Waals surface area contributed by atoms with E-state index < -0.39 is 10.0 Å². The summed E-state index contributed by atoms with van der Waals surface area (Å²) in [6.07, 6.45) is 0.787. The Balaban J connectivity index is 3.40. The molecule has 0 bridgehead atoms. The van der Waals surface area contributed by atoms with Gasteiger partial charge in [0.05, 0.1) is 12.4 Å². The van der Waals surface area contributed by atoms with E-state index in [2.05, 4.69) is 10.0 Å².